The maximum Gasteiger partial charge on any atom is 0.472 e. The predicted molar refractivity (Wildman–Crippen MR) is 391 cm³/mol. The van der Waals surface area contributed by atoms with Crippen molar-refractivity contribution in [1.29, 1.82) is 0 Å². The number of rotatable bonds is 76. The van der Waals surface area contributed by atoms with Gasteiger partial charge in [-0.05, 0) is 37.5 Å². The Bertz CT molecular complexity index is 1860. The van der Waals surface area contributed by atoms with Crippen LogP contribution < -0.4 is 0 Å². The molecule has 0 aliphatic rings. The topological polar surface area (TPSA) is 237 Å². The first kappa shape index (κ1) is 94.1. The normalized spacial score (nSPS) is 14.0. The maximum absolute atomic E-state index is 13.1. The molecule has 0 heterocycles. The molecule has 0 aliphatic heterocycles. The second kappa shape index (κ2) is 68.8. The molecule has 0 aromatic rings. The molecule has 0 spiro atoms. The Morgan fingerprint density at radius 3 is 0.708 bits per heavy atom. The molecular formula is C77H150O17P2. The quantitative estimate of drug-likeness (QED) is 0.0222. The maximum atomic E-state index is 13.1. The first-order valence-corrected chi connectivity index (χ1v) is 43.0. The number of ether oxygens (including phenoxy) is 4. The number of hydrogen-bond acceptors (Lipinski definition) is 15. The van der Waals surface area contributed by atoms with E-state index in [9.17, 15) is 43.2 Å². The molecule has 0 aromatic heterocycles. The fourth-order valence-electron chi connectivity index (χ4n) is 11.8. The molecular weight excluding hydrogens is 1260 g/mol. The van der Waals surface area contributed by atoms with Crippen molar-refractivity contribution in [3.05, 3.63) is 0 Å². The molecule has 0 amide bonds. The zero-order chi connectivity index (χ0) is 70.7. The van der Waals surface area contributed by atoms with Crippen LogP contribution in [0, 0.1) is 11.8 Å². The van der Waals surface area contributed by atoms with Gasteiger partial charge in [0.2, 0.25) is 0 Å². The van der Waals surface area contributed by atoms with Crippen molar-refractivity contribution in [1.82, 2.24) is 0 Å². The predicted octanol–water partition coefficient (Wildman–Crippen LogP) is 22.7. The van der Waals surface area contributed by atoms with Crippen LogP contribution in [0.4, 0.5) is 0 Å². The Labute approximate surface area is 588 Å². The summed E-state index contributed by atoms with van der Waals surface area (Å²) in [5.41, 5.74) is 0. The number of esters is 4. The summed E-state index contributed by atoms with van der Waals surface area (Å²) in [6, 6.07) is 0. The third-order valence-corrected chi connectivity index (χ3v) is 19.9. The number of carbonyl (C=O) groups is 4. The highest BCUT2D eigenvalue weighted by Gasteiger charge is 2.30. The summed E-state index contributed by atoms with van der Waals surface area (Å²) in [7, 11) is -9.91. The Balaban J connectivity index is 5.20. The lowest BCUT2D eigenvalue weighted by atomic mass is 10.0. The van der Waals surface area contributed by atoms with Crippen LogP contribution in [-0.2, 0) is 65.4 Å². The minimum Gasteiger partial charge on any atom is -0.462 e. The van der Waals surface area contributed by atoms with Gasteiger partial charge >= 0.3 is 39.5 Å². The molecule has 0 radical (unpaired) electrons. The van der Waals surface area contributed by atoms with E-state index < -0.39 is 97.5 Å². The highest BCUT2D eigenvalue weighted by atomic mass is 31.2. The number of aliphatic hydroxyl groups is 1. The number of phosphoric acid groups is 2. The van der Waals surface area contributed by atoms with Crippen LogP contribution in [0.25, 0.3) is 0 Å². The van der Waals surface area contributed by atoms with E-state index in [0.717, 1.165) is 108 Å². The molecule has 0 aliphatic carbocycles. The lowest BCUT2D eigenvalue weighted by Crippen LogP contribution is -2.30. The van der Waals surface area contributed by atoms with Crippen molar-refractivity contribution in [3.8, 4) is 0 Å². The van der Waals surface area contributed by atoms with Crippen molar-refractivity contribution in [2.75, 3.05) is 39.6 Å². The summed E-state index contributed by atoms with van der Waals surface area (Å²) in [5, 5.41) is 10.6. The first-order chi connectivity index (χ1) is 46.4. The molecule has 570 valence electrons. The summed E-state index contributed by atoms with van der Waals surface area (Å²) in [4.78, 5) is 72.8. The van der Waals surface area contributed by atoms with E-state index in [-0.39, 0.29) is 25.7 Å². The highest BCUT2D eigenvalue weighted by Crippen LogP contribution is 2.45. The van der Waals surface area contributed by atoms with Crippen LogP contribution in [0.5, 0.6) is 0 Å². The van der Waals surface area contributed by atoms with Crippen LogP contribution >= 0.6 is 15.6 Å². The standard InChI is InChI=1S/C77H150O17P2/c1-7-9-11-13-15-17-18-19-20-21-22-25-28-31-36-42-48-54-60-75(80)88-66-73(93-76(81)61-55-49-43-37-32-29-26-23-24-27-30-34-39-45-51-57-69(3)4)68-92-96(85,86)90-64-71(78)63-89-95(83,84)91-67-72(65-87-74(79)59-53-47-41-16-14-12-10-8-2)94-77(82)62-56-50-44-38-33-35-40-46-52-58-70(5)6/h69-73,78H,7-68H2,1-6H3,(H,83,84)(H,85,86)/t71-,72+,73+/m0/s1. The molecule has 5 atom stereocenters. The number of carbonyl (C=O) groups excluding carboxylic acids is 4. The molecule has 19 heteroatoms. The average molecular weight is 1410 g/mol. The van der Waals surface area contributed by atoms with Gasteiger partial charge in [-0.3, -0.25) is 37.3 Å². The molecule has 0 fully saturated rings. The molecule has 3 N–H and O–H groups in total. The third kappa shape index (κ3) is 70.5. The number of unbranched alkanes of at least 4 members (excludes halogenated alkanes) is 46. The Kier molecular flexibility index (Phi) is 67.4. The monoisotopic (exact) mass is 1410 g/mol. The van der Waals surface area contributed by atoms with Crippen molar-refractivity contribution < 1.29 is 80.2 Å². The van der Waals surface area contributed by atoms with Gasteiger partial charge in [0, 0.05) is 25.7 Å². The summed E-state index contributed by atoms with van der Waals surface area (Å²) in [6.45, 7) is 9.58. The Morgan fingerprint density at radius 2 is 0.479 bits per heavy atom. The second-order valence-electron chi connectivity index (χ2n) is 28.7. The van der Waals surface area contributed by atoms with E-state index in [1.807, 2.05) is 0 Å². The molecule has 17 nitrogen and oxygen atoms in total. The fourth-order valence-corrected chi connectivity index (χ4v) is 13.4. The third-order valence-electron chi connectivity index (χ3n) is 18.0. The van der Waals surface area contributed by atoms with Gasteiger partial charge < -0.3 is 33.8 Å². The van der Waals surface area contributed by atoms with E-state index in [1.54, 1.807) is 0 Å². The van der Waals surface area contributed by atoms with Gasteiger partial charge in [0.25, 0.3) is 0 Å². The number of aliphatic hydroxyl groups excluding tert-OH is 1. The molecule has 2 unspecified atom stereocenters. The van der Waals surface area contributed by atoms with Gasteiger partial charge in [-0.15, -0.1) is 0 Å². The SMILES string of the molecule is CCCCCCCCCCCCCCCCCCCCC(=O)OC[C@H](COP(=O)(O)OC[C@@H](O)COP(=O)(O)OC[C@@H](COC(=O)CCCCCCCCCC)OC(=O)CCCCCCCCCCCC(C)C)OC(=O)CCCCCCCCCCCCCCCCCC(C)C. The minimum absolute atomic E-state index is 0.105. The Hall–Kier alpha value is -1.94. The van der Waals surface area contributed by atoms with E-state index in [4.69, 9.17) is 37.0 Å². The van der Waals surface area contributed by atoms with Gasteiger partial charge in [0.05, 0.1) is 26.4 Å². The lowest BCUT2D eigenvalue weighted by Gasteiger charge is -2.21. The van der Waals surface area contributed by atoms with Gasteiger partial charge in [-0.25, -0.2) is 9.13 Å². The summed E-state index contributed by atoms with van der Waals surface area (Å²) in [5.74, 6) is -0.578. The molecule has 0 aromatic carbocycles. The number of hydrogen-bond donors (Lipinski definition) is 3. The van der Waals surface area contributed by atoms with Crippen LogP contribution in [0.3, 0.4) is 0 Å². The number of phosphoric ester groups is 2. The summed E-state index contributed by atoms with van der Waals surface area (Å²) in [6.07, 6.45) is 57.0. The van der Waals surface area contributed by atoms with Gasteiger partial charge in [-0.2, -0.15) is 0 Å². The summed E-state index contributed by atoms with van der Waals surface area (Å²) < 4.78 is 68.5. The van der Waals surface area contributed by atoms with Crippen molar-refractivity contribution in [2.45, 2.75) is 419 Å². The highest BCUT2D eigenvalue weighted by molar-refractivity contribution is 7.47. The van der Waals surface area contributed by atoms with Gasteiger partial charge in [0.15, 0.2) is 12.2 Å². The van der Waals surface area contributed by atoms with E-state index in [2.05, 4.69) is 41.5 Å². The van der Waals surface area contributed by atoms with E-state index in [0.29, 0.717) is 25.7 Å². The van der Waals surface area contributed by atoms with E-state index >= 15 is 0 Å². The second-order valence-corrected chi connectivity index (χ2v) is 31.6. The van der Waals surface area contributed by atoms with Crippen molar-refractivity contribution in [3.63, 3.8) is 0 Å². The average Bonchev–Trinajstić information content (AvgIpc) is 1.15. The lowest BCUT2D eigenvalue weighted by molar-refractivity contribution is -0.161. The minimum atomic E-state index is -4.96. The van der Waals surface area contributed by atoms with Crippen LogP contribution in [-0.4, -0.2) is 96.7 Å². The van der Waals surface area contributed by atoms with Crippen LogP contribution in [0.1, 0.15) is 401 Å². The van der Waals surface area contributed by atoms with Gasteiger partial charge in [0.1, 0.15) is 19.3 Å². The van der Waals surface area contributed by atoms with E-state index in [1.165, 1.54) is 212 Å². The fraction of sp³-hybridized carbons (Fsp3) is 0.948. The zero-order valence-electron chi connectivity index (χ0n) is 62.7. The molecule has 0 saturated heterocycles. The zero-order valence-corrected chi connectivity index (χ0v) is 64.5. The molecule has 0 bridgehead atoms. The van der Waals surface area contributed by atoms with Crippen molar-refractivity contribution in [2.24, 2.45) is 11.8 Å². The largest absolute Gasteiger partial charge is 0.472 e. The van der Waals surface area contributed by atoms with Crippen LogP contribution in [0.2, 0.25) is 0 Å². The molecule has 96 heavy (non-hydrogen) atoms. The first-order valence-electron chi connectivity index (χ1n) is 40.0. The van der Waals surface area contributed by atoms with Crippen molar-refractivity contribution >= 4 is 39.5 Å². The van der Waals surface area contributed by atoms with Gasteiger partial charge in [-0.1, -0.05) is 350 Å². The Morgan fingerprint density at radius 1 is 0.281 bits per heavy atom. The summed E-state index contributed by atoms with van der Waals surface area (Å²) >= 11 is 0. The molecule has 0 saturated carbocycles. The molecule has 0 rings (SSSR count). The van der Waals surface area contributed by atoms with Crippen LogP contribution in [0.15, 0.2) is 0 Å². The smallest absolute Gasteiger partial charge is 0.462 e.